The molecular weight excluding hydrogens is 325 g/mol. The molecule has 1 atom stereocenters. The summed E-state index contributed by atoms with van der Waals surface area (Å²) in [6.45, 7) is 2.36. The summed E-state index contributed by atoms with van der Waals surface area (Å²) in [5, 5.41) is 14.8. The highest BCUT2D eigenvalue weighted by Crippen LogP contribution is 2.32. The second kappa shape index (κ2) is 8.07. The predicted octanol–water partition coefficient (Wildman–Crippen LogP) is 4.76. The van der Waals surface area contributed by atoms with E-state index in [4.69, 9.17) is 23.2 Å². The number of nitrogens with one attached hydrogen (secondary N) is 1. The lowest BCUT2D eigenvalue weighted by Crippen LogP contribution is -2.49. The Kier molecular flexibility index (Phi) is 6.70. The van der Waals surface area contributed by atoms with Crippen molar-refractivity contribution in [2.45, 2.75) is 55.5 Å². The molecule has 0 aliphatic heterocycles. The van der Waals surface area contributed by atoms with Crippen LogP contribution in [0.4, 0.5) is 0 Å². The molecule has 0 bridgehead atoms. The summed E-state index contributed by atoms with van der Waals surface area (Å²) in [7, 11) is 0. The molecule has 1 unspecified atom stereocenters. The van der Waals surface area contributed by atoms with Gasteiger partial charge in [-0.3, -0.25) is 0 Å². The van der Waals surface area contributed by atoms with E-state index in [1.807, 2.05) is 12.1 Å². The number of hydrogen-bond acceptors (Lipinski definition) is 3. The molecule has 2 rings (SSSR count). The maximum Gasteiger partial charge on any atom is 0.0613 e. The highest BCUT2D eigenvalue weighted by Gasteiger charge is 2.33. The van der Waals surface area contributed by atoms with E-state index >= 15 is 0 Å². The largest absolute Gasteiger partial charge is 0.394 e. The summed E-state index contributed by atoms with van der Waals surface area (Å²) in [5.74, 6) is 0.980. The van der Waals surface area contributed by atoms with Crippen LogP contribution in [0.25, 0.3) is 0 Å². The van der Waals surface area contributed by atoms with Crippen molar-refractivity contribution in [1.82, 2.24) is 5.32 Å². The maximum atomic E-state index is 9.74. The van der Waals surface area contributed by atoms with E-state index in [-0.39, 0.29) is 12.1 Å². The zero-order chi connectivity index (χ0) is 15.3. The molecule has 1 fully saturated rings. The van der Waals surface area contributed by atoms with Crippen molar-refractivity contribution in [2.75, 3.05) is 12.4 Å². The number of benzene rings is 1. The Morgan fingerprint density at radius 2 is 2.14 bits per heavy atom. The van der Waals surface area contributed by atoms with Crippen LogP contribution in [0.5, 0.6) is 0 Å². The highest BCUT2D eigenvalue weighted by molar-refractivity contribution is 7.99. The van der Waals surface area contributed by atoms with Gasteiger partial charge in [0.05, 0.1) is 11.6 Å². The first-order valence-corrected chi connectivity index (χ1v) is 9.29. The Morgan fingerprint density at radius 3 is 2.76 bits per heavy atom. The van der Waals surface area contributed by atoms with Crippen molar-refractivity contribution in [2.24, 2.45) is 0 Å². The average Bonchev–Trinajstić information content (AvgIpc) is 3.29. The average molecular weight is 348 g/mol. The molecule has 0 aromatic heterocycles. The van der Waals surface area contributed by atoms with Gasteiger partial charge in [0.15, 0.2) is 0 Å². The van der Waals surface area contributed by atoms with Gasteiger partial charge < -0.3 is 10.4 Å². The summed E-state index contributed by atoms with van der Waals surface area (Å²) in [5.41, 5.74) is -0.111. The van der Waals surface area contributed by atoms with Crippen LogP contribution in [0.3, 0.4) is 0 Å². The monoisotopic (exact) mass is 347 g/mol. The number of hydrogen-bond donors (Lipinski definition) is 2. The van der Waals surface area contributed by atoms with Crippen LogP contribution in [0.15, 0.2) is 23.1 Å². The van der Waals surface area contributed by atoms with E-state index in [1.54, 1.807) is 17.8 Å². The smallest absolute Gasteiger partial charge is 0.0613 e. The molecule has 1 aliphatic carbocycles. The Morgan fingerprint density at radius 1 is 1.38 bits per heavy atom. The molecule has 1 aromatic rings. The van der Waals surface area contributed by atoms with Gasteiger partial charge in [-0.25, -0.2) is 0 Å². The molecule has 0 heterocycles. The Hall–Kier alpha value is 0.0700. The van der Waals surface area contributed by atoms with Gasteiger partial charge in [-0.1, -0.05) is 30.1 Å². The molecule has 21 heavy (non-hydrogen) atoms. The molecule has 0 saturated heterocycles. The van der Waals surface area contributed by atoms with Gasteiger partial charge in [-0.05, 0) is 56.1 Å². The minimum atomic E-state index is -0.111. The summed E-state index contributed by atoms with van der Waals surface area (Å²) in [4.78, 5) is 1.03. The van der Waals surface area contributed by atoms with Crippen LogP contribution in [0.1, 0.15) is 39.0 Å². The fourth-order valence-electron chi connectivity index (χ4n) is 2.43. The molecule has 0 radical (unpaired) electrons. The Labute approximate surface area is 141 Å². The number of aliphatic hydroxyl groups excluding tert-OH is 1. The quantitative estimate of drug-likeness (QED) is 0.499. The van der Waals surface area contributed by atoms with Crippen LogP contribution < -0.4 is 5.32 Å². The molecule has 0 amide bonds. The van der Waals surface area contributed by atoms with Crippen LogP contribution >= 0.6 is 35.0 Å². The summed E-state index contributed by atoms with van der Waals surface area (Å²) in [6, 6.07) is 6.18. The SMILES string of the molecule is CCC(CO)(CCCSc1cc(Cl)ccc1Cl)NC1CC1. The second-order valence-corrected chi connectivity index (χ2v) is 7.72. The third kappa shape index (κ3) is 5.33. The van der Waals surface area contributed by atoms with Gasteiger partial charge in [0.2, 0.25) is 0 Å². The molecule has 5 heteroatoms. The zero-order valence-electron chi connectivity index (χ0n) is 12.4. The molecule has 118 valence electrons. The first-order chi connectivity index (χ1) is 10.1. The summed E-state index contributed by atoms with van der Waals surface area (Å²) < 4.78 is 0. The Bertz CT molecular complexity index is 462. The number of halogens is 2. The van der Waals surface area contributed by atoms with Crippen LogP contribution in [0.2, 0.25) is 10.0 Å². The third-order valence-corrected chi connectivity index (χ3v) is 5.84. The lowest BCUT2D eigenvalue weighted by molar-refractivity contribution is 0.144. The molecular formula is C16H23Cl2NOS. The topological polar surface area (TPSA) is 32.3 Å². The number of aliphatic hydroxyl groups is 1. The molecule has 2 N–H and O–H groups in total. The molecule has 2 nitrogen and oxygen atoms in total. The van der Waals surface area contributed by atoms with Crippen molar-refractivity contribution in [1.29, 1.82) is 0 Å². The van der Waals surface area contributed by atoms with Crippen LogP contribution in [-0.2, 0) is 0 Å². The number of thioether (sulfide) groups is 1. The van der Waals surface area contributed by atoms with Crippen molar-refractivity contribution in [3.63, 3.8) is 0 Å². The minimum absolute atomic E-state index is 0.111. The second-order valence-electron chi connectivity index (χ2n) is 5.74. The van der Waals surface area contributed by atoms with Crippen molar-refractivity contribution in [3.05, 3.63) is 28.2 Å². The first kappa shape index (κ1) is 17.4. The van der Waals surface area contributed by atoms with E-state index in [0.717, 1.165) is 40.0 Å². The minimum Gasteiger partial charge on any atom is -0.394 e. The Balaban J connectivity index is 1.80. The van der Waals surface area contributed by atoms with E-state index in [2.05, 4.69) is 12.2 Å². The van der Waals surface area contributed by atoms with Crippen molar-refractivity contribution >= 4 is 35.0 Å². The van der Waals surface area contributed by atoms with E-state index < -0.39 is 0 Å². The van der Waals surface area contributed by atoms with Crippen molar-refractivity contribution in [3.8, 4) is 0 Å². The number of rotatable bonds is 9. The third-order valence-electron chi connectivity index (χ3n) is 4.02. The van der Waals surface area contributed by atoms with Gasteiger partial charge in [-0.2, -0.15) is 0 Å². The van der Waals surface area contributed by atoms with Gasteiger partial charge >= 0.3 is 0 Å². The fraction of sp³-hybridized carbons (Fsp3) is 0.625. The molecule has 1 saturated carbocycles. The highest BCUT2D eigenvalue weighted by atomic mass is 35.5. The van der Waals surface area contributed by atoms with E-state index in [1.165, 1.54) is 12.8 Å². The lowest BCUT2D eigenvalue weighted by Gasteiger charge is -2.32. The predicted molar refractivity (Wildman–Crippen MR) is 92.7 cm³/mol. The maximum absolute atomic E-state index is 9.74. The molecule has 1 aliphatic rings. The fourth-order valence-corrected chi connectivity index (χ4v) is 3.87. The van der Waals surface area contributed by atoms with E-state index in [9.17, 15) is 5.11 Å². The van der Waals surface area contributed by atoms with Crippen molar-refractivity contribution < 1.29 is 5.11 Å². The standard InChI is InChI=1S/C16H23Cl2NOS/c1-2-16(11-20,19-13-5-6-13)8-3-9-21-15-10-12(17)4-7-14(15)18/h4,7,10,13,19-20H,2-3,5-6,8-9,11H2,1H3. The van der Waals surface area contributed by atoms with Gasteiger partial charge in [0.25, 0.3) is 0 Å². The molecule has 1 aromatic carbocycles. The van der Waals surface area contributed by atoms with Crippen LogP contribution in [-0.4, -0.2) is 29.0 Å². The lowest BCUT2D eigenvalue weighted by atomic mass is 9.91. The zero-order valence-corrected chi connectivity index (χ0v) is 14.7. The summed E-state index contributed by atoms with van der Waals surface area (Å²) in [6.07, 6.45) is 5.48. The first-order valence-electron chi connectivity index (χ1n) is 7.55. The van der Waals surface area contributed by atoms with E-state index in [0.29, 0.717) is 6.04 Å². The van der Waals surface area contributed by atoms with Gasteiger partial charge in [0.1, 0.15) is 0 Å². The molecule has 0 spiro atoms. The van der Waals surface area contributed by atoms with Gasteiger partial charge in [-0.15, -0.1) is 11.8 Å². The normalized spacial score (nSPS) is 17.7. The summed E-state index contributed by atoms with van der Waals surface area (Å²) >= 11 is 13.9. The van der Waals surface area contributed by atoms with Gasteiger partial charge in [0, 0.05) is 21.5 Å². The van der Waals surface area contributed by atoms with Crippen LogP contribution in [0, 0.1) is 0 Å².